The fraction of sp³-hybridized carbons (Fsp3) is 0.320. The summed E-state index contributed by atoms with van der Waals surface area (Å²) in [6.45, 7) is 4.03. The Morgan fingerprint density at radius 1 is 1.11 bits per heavy atom. The van der Waals surface area contributed by atoms with Crippen molar-refractivity contribution in [2.24, 2.45) is 15.7 Å². The highest BCUT2D eigenvalue weighted by Gasteiger charge is 2.37. The van der Waals surface area contributed by atoms with Gasteiger partial charge in [-0.3, -0.25) is 9.69 Å². The van der Waals surface area contributed by atoms with Gasteiger partial charge in [0.1, 0.15) is 5.84 Å². The third kappa shape index (κ3) is 5.51. The van der Waals surface area contributed by atoms with Gasteiger partial charge in [0, 0.05) is 62.3 Å². The Labute approximate surface area is 207 Å². The lowest BCUT2D eigenvalue weighted by molar-refractivity contribution is -0.137. The Kier molecular flexibility index (Phi) is 7.02. The van der Waals surface area contributed by atoms with Crippen molar-refractivity contribution in [3.8, 4) is 0 Å². The van der Waals surface area contributed by atoms with Gasteiger partial charge in [-0.1, -0.05) is 0 Å². The number of rotatable bonds is 5. The molecular formula is C25H28F3N7O. The minimum atomic E-state index is -4.38. The number of hydrogen-bond donors (Lipinski definition) is 3. The number of anilines is 2. The molecule has 1 saturated heterocycles. The highest BCUT2D eigenvalue weighted by molar-refractivity contribution is 5.97. The van der Waals surface area contributed by atoms with Crippen molar-refractivity contribution < 1.29 is 18.0 Å². The van der Waals surface area contributed by atoms with Crippen LogP contribution in [0.4, 0.5) is 30.2 Å². The monoisotopic (exact) mass is 499 g/mol. The summed E-state index contributed by atoms with van der Waals surface area (Å²) in [4.78, 5) is 25.3. The summed E-state index contributed by atoms with van der Waals surface area (Å²) in [6.07, 6.45) is -2.74. The van der Waals surface area contributed by atoms with Crippen LogP contribution in [0.25, 0.3) is 0 Å². The van der Waals surface area contributed by atoms with E-state index in [-0.39, 0.29) is 11.9 Å². The molecule has 190 valence electrons. The fourth-order valence-corrected chi connectivity index (χ4v) is 4.15. The predicted octanol–water partition coefficient (Wildman–Crippen LogP) is 3.50. The molecule has 0 aliphatic carbocycles. The van der Waals surface area contributed by atoms with Crippen molar-refractivity contribution in [1.82, 2.24) is 9.80 Å². The van der Waals surface area contributed by atoms with Gasteiger partial charge in [-0.05, 0) is 49.4 Å². The number of likely N-dealkylation sites (tertiary alicyclic amines) is 1. The quantitative estimate of drug-likeness (QED) is 0.331. The van der Waals surface area contributed by atoms with E-state index in [2.05, 4.69) is 20.2 Å². The molecule has 1 amide bonds. The van der Waals surface area contributed by atoms with E-state index in [4.69, 9.17) is 11.5 Å². The van der Waals surface area contributed by atoms with Crippen LogP contribution in [-0.2, 0) is 6.18 Å². The highest BCUT2D eigenvalue weighted by atomic mass is 19.4. The van der Waals surface area contributed by atoms with Crippen LogP contribution in [0, 0.1) is 0 Å². The zero-order valence-electron chi connectivity index (χ0n) is 20.0. The number of nitrogens with zero attached hydrogens (tertiary/aromatic N) is 4. The fourth-order valence-electron chi connectivity index (χ4n) is 4.15. The largest absolute Gasteiger partial charge is 0.416 e. The molecule has 0 atom stereocenters. The van der Waals surface area contributed by atoms with E-state index in [1.54, 1.807) is 43.3 Å². The summed E-state index contributed by atoms with van der Waals surface area (Å²) in [7, 11) is 1.77. The summed E-state index contributed by atoms with van der Waals surface area (Å²) in [5.74, 6) is 0.343. The number of alkyl halides is 3. The van der Waals surface area contributed by atoms with E-state index in [0.29, 0.717) is 54.6 Å². The van der Waals surface area contributed by atoms with Crippen LogP contribution in [0.1, 0.15) is 22.8 Å². The van der Waals surface area contributed by atoms with Crippen LogP contribution in [0.15, 0.2) is 63.7 Å². The van der Waals surface area contributed by atoms with Crippen LogP contribution in [0.2, 0.25) is 0 Å². The van der Waals surface area contributed by atoms with Gasteiger partial charge in [0.15, 0.2) is 0 Å². The van der Waals surface area contributed by atoms with Crippen molar-refractivity contribution in [3.63, 3.8) is 0 Å². The van der Waals surface area contributed by atoms with E-state index in [1.165, 1.54) is 12.1 Å². The lowest BCUT2D eigenvalue weighted by Crippen LogP contribution is -2.60. The number of amides is 1. The van der Waals surface area contributed by atoms with Gasteiger partial charge < -0.3 is 21.7 Å². The smallest absolute Gasteiger partial charge is 0.401 e. The molecule has 2 heterocycles. The van der Waals surface area contributed by atoms with Crippen molar-refractivity contribution in [2.75, 3.05) is 44.3 Å². The second kappa shape index (κ2) is 10.0. The first-order valence-corrected chi connectivity index (χ1v) is 11.4. The maximum atomic E-state index is 12.8. The molecule has 36 heavy (non-hydrogen) atoms. The van der Waals surface area contributed by atoms with Crippen molar-refractivity contribution >= 4 is 35.0 Å². The molecule has 2 aliphatic heterocycles. The Hall–Kier alpha value is -3.86. The minimum absolute atomic E-state index is 0.0578. The maximum Gasteiger partial charge on any atom is 0.416 e. The molecule has 8 nitrogen and oxygen atoms in total. The van der Waals surface area contributed by atoms with E-state index in [1.807, 2.05) is 0 Å². The molecule has 1 fully saturated rings. The summed E-state index contributed by atoms with van der Waals surface area (Å²) < 4.78 is 38.1. The molecule has 0 bridgehead atoms. The van der Waals surface area contributed by atoms with Crippen LogP contribution in [-0.4, -0.2) is 67.0 Å². The average molecular weight is 500 g/mol. The topological polar surface area (TPSA) is 112 Å². The number of amidine groups is 1. The second-order valence-electron chi connectivity index (χ2n) is 8.83. The maximum absolute atomic E-state index is 12.8. The molecule has 2 aliphatic rings. The van der Waals surface area contributed by atoms with Gasteiger partial charge >= 0.3 is 6.18 Å². The first kappa shape index (κ1) is 25.2. The Morgan fingerprint density at radius 3 is 2.42 bits per heavy atom. The molecule has 0 saturated carbocycles. The Balaban J connectivity index is 1.30. The number of carbonyl (C=O) groups excluding carboxylic acids is 1. The lowest BCUT2D eigenvalue weighted by atomic mass is 10.0. The van der Waals surface area contributed by atoms with Crippen LogP contribution >= 0.6 is 0 Å². The minimum Gasteiger partial charge on any atom is -0.401 e. The molecule has 4 rings (SSSR count). The van der Waals surface area contributed by atoms with E-state index >= 15 is 0 Å². The standard InChI is InChI=1S/C25H28F3N7O/c1-15(33-19-6-4-18(5-7-19)25(26,27)28)32-10-17-11-34(14-22(17)30)20-12-35(13-20)24(36)16-3-8-23(31-2)21(29)9-16/h3-10,20,31H,11-14,29-30H2,1-2H3. The molecule has 0 aromatic heterocycles. The average Bonchev–Trinajstić information content (AvgIpc) is 3.16. The SMILES string of the molecule is CNc1ccc(C(=O)N2CC(N3CC(N)=C(C=NC(C)=Nc4ccc(C(F)(F)F)cc4)C3)C2)cc1N. The Bertz CT molecular complexity index is 1230. The van der Waals surface area contributed by atoms with E-state index in [9.17, 15) is 18.0 Å². The molecule has 11 heteroatoms. The normalized spacial score (nSPS) is 17.7. The molecule has 0 radical (unpaired) electrons. The summed E-state index contributed by atoms with van der Waals surface area (Å²) in [5, 5.41) is 2.98. The highest BCUT2D eigenvalue weighted by Crippen LogP contribution is 2.30. The van der Waals surface area contributed by atoms with E-state index < -0.39 is 11.7 Å². The zero-order chi connectivity index (χ0) is 26.0. The number of nitrogens with one attached hydrogen (secondary N) is 1. The van der Waals surface area contributed by atoms with Gasteiger partial charge in [0.05, 0.1) is 22.6 Å². The molecule has 2 aromatic carbocycles. The first-order valence-electron chi connectivity index (χ1n) is 11.4. The predicted molar refractivity (Wildman–Crippen MR) is 136 cm³/mol. The number of halogens is 3. The van der Waals surface area contributed by atoms with E-state index in [0.717, 1.165) is 23.4 Å². The summed E-state index contributed by atoms with van der Waals surface area (Å²) >= 11 is 0. The summed E-state index contributed by atoms with van der Waals surface area (Å²) in [6, 6.07) is 10.0. The van der Waals surface area contributed by atoms with Gasteiger partial charge in [-0.25, -0.2) is 9.98 Å². The molecular weight excluding hydrogens is 471 g/mol. The molecule has 0 spiro atoms. The molecule has 2 aromatic rings. The second-order valence-corrected chi connectivity index (χ2v) is 8.83. The van der Waals surface area contributed by atoms with Gasteiger partial charge in [-0.15, -0.1) is 0 Å². The zero-order valence-corrected chi connectivity index (χ0v) is 20.0. The first-order chi connectivity index (χ1) is 17.0. The number of hydrogen-bond acceptors (Lipinski definition) is 6. The number of benzene rings is 2. The lowest BCUT2D eigenvalue weighted by Gasteiger charge is -2.44. The van der Waals surface area contributed by atoms with Gasteiger partial charge in [0.25, 0.3) is 5.91 Å². The number of aliphatic imine (C=N–C) groups is 2. The van der Waals surface area contributed by atoms with Crippen LogP contribution in [0.5, 0.6) is 0 Å². The van der Waals surface area contributed by atoms with Gasteiger partial charge in [-0.2, -0.15) is 13.2 Å². The molecule has 0 unspecified atom stereocenters. The Morgan fingerprint density at radius 2 is 1.81 bits per heavy atom. The number of nitrogens with two attached hydrogens (primary N) is 2. The van der Waals surface area contributed by atoms with Crippen molar-refractivity contribution in [1.29, 1.82) is 0 Å². The number of carbonyl (C=O) groups is 1. The van der Waals surface area contributed by atoms with Crippen molar-refractivity contribution in [3.05, 3.63) is 64.9 Å². The molecule has 5 N–H and O–H groups in total. The van der Waals surface area contributed by atoms with Crippen LogP contribution in [0.3, 0.4) is 0 Å². The third-order valence-electron chi connectivity index (χ3n) is 6.29. The van der Waals surface area contributed by atoms with Crippen molar-refractivity contribution in [2.45, 2.75) is 19.1 Å². The number of nitrogen functional groups attached to an aromatic ring is 1. The third-order valence-corrected chi connectivity index (χ3v) is 6.29. The van der Waals surface area contributed by atoms with Gasteiger partial charge in [0.2, 0.25) is 0 Å². The van der Waals surface area contributed by atoms with Crippen LogP contribution < -0.4 is 16.8 Å². The summed E-state index contributed by atoms with van der Waals surface area (Å²) in [5.41, 5.74) is 15.3.